The van der Waals surface area contributed by atoms with E-state index < -0.39 is 5.41 Å². The van der Waals surface area contributed by atoms with Crippen molar-refractivity contribution >= 4 is 17.1 Å². The average molecular weight is 754 g/mol. The molecule has 0 aromatic heterocycles. The number of nitrogens with zero attached hydrogens (tertiary/aromatic N) is 1. The molecule has 1 heteroatoms. The van der Waals surface area contributed by atoms with E-state index in [2.05, 4.69) is 243 Å². The minimum Gasteiger partial charge on any atom is -0.311 e. The molecule has 59 heavy (non-hydrogen) atoms. The van der Waals surface area contributed by atoms with E-state index in [0.717, 1.165) is 17.1 Å². The minimum atomic E-state index is -0.412. The molecule has 0 heterocycles. The van der Waals surface area contributed by atoms with Gasteiger partial charge in [-0.25, -0.2) is 0 Å². The molecule has 11 rings (SSSR count). The van der Waals surface area contributed by atoms with Crippen molar-refractivity contribution in [2.45, 2.75) is 24.7 Å². The van der Waals surface area contributed by atoms with Gasteiger partial charge >= 0.3 is 0 Å². The summed E-state index contributed by atoms with van der Waals surface area (Å²) in [6.45, 7) is 4.77. The molecule has 0 bridgehead atoms. The first-order valence-electron chi connectivity index (χ1n) is 20.7. The van der Waals surface area contributed by atoms with Gasteiger partial charge in [-0.3, -0.25) is 0 Å². The maximum Gasteiger partial charge on any atom is 0.0719 e. The summed E-state index contributed by atoms with van der Waals surface area (Å²) in [5.41, 5.74) is 21.0. The summed E-state index contributed by atoms with van der Waals surface area (Å²) in [5, 5.41) is 0. The molecule has 0 unspecified atom stereocenters. The Morgan fingerprint density at radius 1 is 0.271 bits per heavy atom. The predicted octanol–water partition coefficient (Wildman–Crippen LogP) is 15.2. The lowest BCUT2D eigenvalue weighted by atomic mass is 9.55. The van der Waals surface area contributed by atoms with Gasteiger partial charge in [-0.1, -0.05) is 202 Å². The second kappa shape index (κ2) is 13.7. The number of hydrogen-bond donors (Lipinski definition) is 0. The molecule has 0 N–H and O–H groups in total. The van der Waals surface area contributed by atoms with Crippen LogP contribution in [0, 0.1) is 0 Å². The van der Waals surface area contributed by atoms with Crippen LogP contribution < -0.4 is 4.90 Å². The van der Waals surface area contributed by atoms with Crippen molar-refractivity contribution in [1.82, 2.24) is 0 Å². The molecular formula is C58H43N. The summed E-state index contributed by atoms with van der Waals surface area (Å²) >= 11 is 0. The Morgan fingerprint density at radius 3 is 1.20 bits per heavy atom. The molecule has 0 aliphatic heterocycles. The summed E-state index contributed by atoms with van der Waals surface area (Å²) in [5.74, 6) is 0. The quantitative estimate of drug-likeness (QED) is 0.163. The standard InChI is InChI=1S/C58H43N/c1-57(2)51-23-11-13-25-53(51)58(54-26-14-12-24-52(54)57)50-22-10-9-20-49(50)56-48(21-15-27-55(56)58)44-34-38-47(39-35-44)59(45-18-7-4-8-19-45)46-36-32-43(33-37-46)42-30-28-41(29-31-42)40-16-5-3-6-17-40/h3-39H,1-2H3. The third-order valence-electron chi connectivity index (χ3n) is 13.0. The van der Waals surface area contributed by atoms with E-state index in [1.807, 2.05) is 0 Å². The maximum atomic E-state index is 2.39. The van der Waals surface area contributed by atoms with E-state index in [1.165, 1.54) is 77.9 Å². The van der Waals surface area contributed by atoms with Crippen molar-refractivity contribution in [3.8, 4) is 44.5 Å². The second-order valence-corrected chi connectivity index (χ2v) is 16.4. The van der Waals surface area contributed by atoms with Crippen LogP contribution in [-0.2, 0) is 10.8 Å². The first-order chi connectivity index (χ1) is 29.0. The van der Waals surface area contributed by atoms with Crippen LogP contribution in [0.15, 0.2) is 224 Å². The van der Waals surface area contributed by atoms with Gasteiger partial charge in [-0.2, -0.15) is 0 Å². The van der Waals surface area contributed by atoms with Crippen LogP contribution in [0.2, 0.25) is 0 Å². The van der Waals surface area contributed by atoms with Gasteiger partial charge in [0.2, 0.25) is 0 Å². The van der Waals surface area contributed by atoms with Crippen molar-refractivity contribution in [3.63, 3.8) is 0 Å². The van der Waals surface area contributed by atoms with Crippen LogP contribution in [0.5, 0.6) is 0 Å². The SMILES string of the molecule is CC1(C)c2ccccc2C2(c3ccccc3-c3c(-c4ccc(N(c5ccccc5)c5ccc(-c6ccc(-c7ccccc7)cc6)cc5)cc4)cccc32)c2ccccc21. The number of para-hydroxylation sites is 1. The summed E-state index contributed by atoms with van der Waals surface area (Å²) in [7, 11) is 0. The zero-order valence-corrected chi connectivity index (χ0v) is 33.3. The molecule has 2 aliphatic rings. The third-order valence-corrected chi connectivity index (χ3v) is 13.0. The first kappa shape index (κ1) is 35.0. The summed E-state index contributed by atoms with van der Waals surface area (Å²) in [6, 6.07) is 82.7. The number of hydrogen-bond acceptors (Lipinski definition) is 1. The molecule has 1 nitrogen and oxygen atoms in total. The number of anilines is 3. The van der Waals surface area contributed by atoms with Gasteiger partial charge in [0.1, 0.15) is 0 Å². The number of benzene rings is 9. The highest BCUT2D eigenvalue weighted by Crippen LogP contribution is 2.63. The van der Waals surface area contributed by atoms with Gasteiger partial charge in [0.15, 0.2) is 0 Å². The minimum absolute atomic E-state index is 0.122. The van der Waals surface area contributed by atoms with Gasteiger partial charge < -0.3 is 4.90 Å². The molecule has 0 radical (unpaired) electrons. The van der Waals surface area contributed by atoms with Gasteiger partial charge in [-0.15, -0.1) is 0 Å². The first-order valence-corrected chi connectivity index (χ1v) is 20.7. The van der Waals surface area contributed by atoms with E-state index >= 15 is 0 Å². The monoisotopic (exact) mass is 753 g/mol. The molecule has 9 aromatic carbocycles. The third kappa shape index (κ3) is 5.39. The van der Waals surface area contributed by atoms with Crippen molar-refractivity contribution in [2.24, 2.45) is 0 Å². The molecule has 280 valence electrons. The molecule has 1 spiro atoms. The molecule has 0 atom stereocenters. The van der Waals surface area contributed by atoms with E-state index in [0.29, 0.717) is 0 Å². The molecular weight excluding hydrogens is 711 g/mol. The second-order valence-electron chi connectivity index (χ2n) is 16.4. The topological polar surface area (TPSA) is 3.24 Å². The largest absolute Gasteiger partial charge is 0.311 e. The zero-order chi connectivity index (χ0) is 39.6. The summed E-state index contributed by atoms with van der Waals surface area (Å²) < 4.78 is 0. The highest BCUT2D eigenvalue weighted by molar-refractivity contribution is 5.97. The zero-order valence-electron chi connectivity index (χ0n) is 33.3. The molecule has 0 saturated carbocycles. The van der Waals surface area contributed by atoms with Crippen LogP contribution in [0.3, 0.4) is 0 Å². The fourth-order valence-electron chi connectivity index (χ4n) is 10.3. The van der Waals surface area contributed by atoms with Crippen molar-refractivity contribution < 1.29 is 0 Å². The van der Waals surface area contributed by atoms with Gasteiger partial charge in [0.25, 0.3) is 0 Å². The van der Waals surface area contributed by atoms with E-state index in [-0.39, 0.29) is 5.41 Å². The normalized spacial score (nSPS) is 13.9. The van der Waals surface area contributed by atoms with Crippen molar-refractivity contribution in [2.75, 3.05) is 4.90 Å². The lowest BCUT2D eigenvalue weighted by Gasteiger charge is -2.46. The molecule has 9 aromatic rings. The van der Waals surface area contributed by atoms with Crippen molar-refractivity contribution in [3.05, 3.63) is 258 Å². The summed E-state index contributed by atoms with van der Waals surface area (Å²) in [6.07, 6.45) is 0. The van der Waals surface area contributed by atoms with Gasteiger partial charge in [0.05, 0.1) is 5.41 Å². The van der Waals surface area contributed by atoms with Crippen LogP contribution in [-0.4, -0.2) is 0 Å². The lowest BCUT2D eigenvalue weighted by molar-refractivity contribution is 0.563. The number of rotatable bonds is 6. The Bertz CT molecular complexity index is 2930. The highest BCUT2D eigenvalue weighted by Gasteiger charge is 2.53. The van der Waals surface area contributed by atoms with Crippen LogP contribution >= 0.6 is 0 Å². The lowest BCUT2D eigenvalue weighted by Crippen LogP contribution is -2.40. The van der Waals surface area contributed by atoms with Crippen molar-refractivity contribution in [1.29, 1.82) is 0 Å². The average Bonchev–Trinajstić information content (AvgIpc) is 3.61. The van der Waals surface area contributed by atoms with E-state index in [9.17, 15) is 0 Å². The molecule has 0 fully saturated rings. The van der Waals surface area contributed by atoms with Crippen LogP contribution in [0.25, 0.3) is 44.5 Å². The van der Waals surface area contributed by atoms with Gasteiger partial charge in [0, 0.05) is 22.5 Å². The Labute approximate surface area is 347 Å². The summed E-state index contributed by atoms with van der Waals surface area (Å²) in [4.78, 5) is 2.35. The maximum absolute atomic E-state index is 2.39. The fourth-order valence-corrected chi connectivity index (χ4v) is 10.3. The van der Waals surface area contributed by atoms with E-state index in [1.54, 1.807) is 0 Å². The Morgan fingerprint density at radius 2 is 0.644 bits per heavy atom. The number of fused-ring (bicyclic) bond motifs is 9. The Kier molecular flexibility index (Phi) is 8.13. The Balaban J connectivity index is 0.998. The molecule has 0 saturated heterocycles. The predicted molar refractivity (Wildman–Crippen MR) is 247 cm³/mol. The van der Waals surface area contributed by atoms with Gasteiger partial charge in [-0.05, 0) is 114 Å². The fraction of sp³-hybridized carbons (Fsp3) is 0.0690. The molecule has 2 aliphatic carbocycles. The Hall–Kier alpha value is -7.22. The highest BCUT2D eigenvalue weighted by atomic mass is 15.1. The van der Waals surface area contributed by atoms with Crippen LogP contribution in [0.1, 0.15) is 47.2 Å². The van der Waals surface area contributed by atoms with E-state index in [4.69, 9.17) is 0 Å². The van der Waals surface area contributed by atoms with Crippen LogP contribution in [0.4, 0.5) is 17.1 Å². The smallest absolute Gasteiger partial charge is 0.0719 e. The molecule has 0 amide bonds.